The van der Waals surface area contributed by atoms with Gasteiger partial charge in [-0.2, -0.15) is 0 Å². The van der Waals surface area contributed by atoms with E-state index in [1.807, 2.05) is 12.1 Å². The molecule has 1 unspecified atom stereocenters. The molecule has 3 amide bonds. The fourth-order valence-electron chi connectivity index (χ4n) is 3.25. The van der Waals surface area contributed by atoms with E-state index in [0.717, 1.165) is 16.2 Å². The number of piperidine rings is 1. The number of unbranched alkanes of at least 4 members (excludes halogenated alkanes) is 2. The summed E-state index contributed by atoms with van der Waals surface area (Å²) in [5.74, 6) is 0.329. The number of carbonyl (C=O) groups is 3. The fraction of sp³-hybridized carbons (Fsp3) is 0.500. The smallest absolute Gasteiger partial charge is 0.255 e. The molecule has 2 aliphatic heterocycles. The molecule has 5 nitrogen and oxygen atoms in total. The Balaban J connectivity index is 1.69. The van der Waals surface area contributed by atoms with E-state index in [1.54, 1.807) is 16.7 Å². The van der Waals surface area contributed by atoms with Crippen molar-refractivity contribution in [3.63, 3.8) is 0 Å². The van der Waals surface area contributed by atoms with Gasteiger partial charge in [-0.05, 0) is 47.1 Å². The van der Waals surface area contributed by atoms with Crippen LogP contribution in [0.25, 0.3) is 0 Å². The predicted molar refractivity (Wildman–Crippen MR) is 106 cm³/mol. The van der Waals surface area contributed by atoms with Crippen LogP contribution in [0.4, 0.5) is 0 Å². The first kappa shape index (κ1) is 18.7. The lowest BCUT2D eigenvalue weighted by Gasteiger charge is -2.29. The van der Waals surface area contributed by atoms with Crippen molar-refractivity contribution in [2.45, 2.75) is 49.6 Å². The standard InChI is InChI=1S/C18H21IN2O3S/c19-9-2-1-3-10-25-15-6-4-5-12-13(15)11-21(18(12)24)14-7-8-16(22)20-17(14)23/h4-6,14H,1-3,7-11H2,(H,20,22,23). The average molecular weight is 472 g/mol. The van der Waals surface area contributed by atoms with Crippen LogP contribution < -0.4 is 5.32 Å². The number of fused-ring (bicyclic) bond motifs is 1. The molecule has 0 aliphatic carbocycles. The molecule has 25 heavy (non-hydrogen) atoms. The molecule has 0 bridgehead atoms. The Morgan fingerprint density at radius 1 is 1.20 bits per heavy atom. The molecule has 1 aromatic rings. The summed E-state index contributed by atoms with van der Waals surface area (Å²) in [6.07, 6.45) is 4.34. The highest BCUT2D eigenvalue weighted by Gasteiger charge is 2.39. The molecule has 1 saturated heterocycles. The van der Waals surface area contributed by atoms with Crippen LogP contribution in [0.5, 0.6) is 0 Å². The molecular weight excluding hydrogens is 451 g/mol. The monoisotopic (exact) mass is 472 g/mol. The molecule has 3 rings (SSSR count). The van der Waals surface area contributed by atoms with E-state index in [-0.39, 0.29) is 24.1 Å². The first-order chi connectivity index (χ1) is 12.1. The summed E-state index contributed by atoms with van der Waals surface area (Å²) in [6.45, 7) is 0.456. The number of hydrogen-bond donors (Lipinski definition) is 1. The zero-order chi connectivity index (χ0) is 17.8. The van der Waals surface area contributed by atoms with Gasteiger partial charge in [-0.3, -0.25) is 19.7 Å². The lowest BCUT2D eigenvalue weighted by atomic mass is 10.0. The van der Waals surface area contributed by atoms with E-state index in [1.165, 1.54) is 23.7 Å². The SMILES string of the molecule is O=C1CCC(N2Cc3c(SCCCCCI)cccc3C2=O)C(=O)N1. The van der Waals surface area contributed by atoms with Gasteiger partial charge >= 0.3 is 0 Å². The van der Waals surface area contributed by atoms with Gasteiger partial charge in [-0.15, -0.1) is 11.8 Å². The highest BCUT2D eigenvalue weighted by atomic mass is 127. The minimum atomic E-state index is -0.542. The van der Waals surface area contributed by atoms with E-state index < -0.39 is 6.04 Å². The van der Waals surface area contributed by atoms with Crippen LogP contribution in [0, 0.1) is 0 Å². The third-order valence-corrected chi connectivity index (χ3v) is 6.52. The number of halogens is 1. The number of imide groups is 1. The van der Waals surface area contributed by atoms with Crippen LogP contribution in [0.3, 0.4) is 0 Å². The van der Waals surface area contributed by atoms with E-state index in [4.69, 9.17) is 0 Å². The highest BCUT2D eigenvalue weighted by Crippen LogP contribution is 2.34. The van der Waals surface area contributed by atoms with Crippen LogP contribution in [-0.2, 0) is 16.1 Å². The van der Waals surface area contributed by atoms with Crippen molar-refractivity contribution < 1.29 is 14.4 Å². The average Bonchev–Trinajstić information content (AvgIpc) is 2.92. The molecule has 1 fully saturated rings. The second-order valence-electron chi connectivity index (χ2n) is 6.28. The number of hydrogen-bond acceptors (Lipinski definition) is 4. The van der Waals surface area contributed by atoms with Crippen molar-refractivity contribution in [2.24, 2.45) is 0 Å². The molecule has 1 aromatic carbocycles. The third kappa shape index (κ3) is 4.19. The van der Waals surface area contributed by atoms with E-state index in [2.05, 4.69) is 34.0 Å². The largest absolute Gasteiger partial charge is 0.322 e. The normalized spacial score (nSPS) is 20.0. The number of benzene rings is 1. The van der Waals surface area contributed by atoms with Crippen molar-refractivity contribution in [3.8, 4) is 0 Å². The topological polar surface area (TPSA) is 66.5 Å². The van der Waals surface area contributed by atoms with Crippen molar-refractivity contribution in [3.05, 3.63) is 29.3 Å². The quantitative estimate of drug-likeness (QED) is 0.218. The lowest BCUT2D eigenvalue weighted by Crippen LogP contribution is -2.52. The summed E-state index contributed by atoms with van der Waals surface area (Å²) in [5.41, 5.74) is 1.72. The van der Waals surface area contributed by atoms with Gasteiger partial charge in [-0.1, -0.05) is 35.1 Å². The van der Waals surface area contributed by atoms with Crippen molar-refractivity contribution in [1.82, 2.24) is 10.2 Å². The Morgan fingerprint density at radius 3 is 2.80 bits per heavy atom. The van der Waals surface area contributed by atoms with Crippen molar-refractivity contribution in [1.29, 1.82) is 0 Å². The number of nitrogens with one attached hydrogen (secondary N) is 1. The first-order valence-corrected chi connectivity index (χ1v) is 11.1. The Hall–Kier alpha value is -1.09. The molecule has 0 aromatic heterocycles. The Morgan fingerprint density at radius 2 is 2.04 bits per heavy atom. The molecular formula is C18H21IN2O3S. The molecule has 7 heteroatoms. The molecule has 1 N–H and O–H groups in total. The van der Waals surface area contributed by atoms with Gasteiger partial charge < -0.3 is 4.90 Å². The maximum Gasteiger partial charge on any atom is 0.255 e. The van der Waals surface area contributed by atoms with Gasteiger partial charge in [0.05, 0.1) is 0 Å². The molecule has 2 aliphatic rings. The predicted octanol–water partition coefficient (Wildman–Crippen LogP) is 3.15. The molecule has 0 spiro atoms. The Kier molecular flexibility index (Phi) is 6.38. The van der Waals surface area contributed by atoms with Gasteiger partial charge in [-0.25, -0.2) is 0 Å². The number of nitrogens with zero attached hydrogens (tertiary/aromatic N) is 1. The third-order valence-electron chi connectivity index (χ3n) is 4.57. The van der Waals surface area contributed by atoms with Crippen LogP contribution in [0.15, 0.2) is 23.1 Å². The summed E-state index contributed by atoms with van der Waals surface area (Å²) >= 11 is 4.19. The highest BCUT2D eigenvalue weighted by molar-refractivity contribution is 14.1. The van der Waals surface area contributed by atoms with Crippen LogP contribution in [0.2, 0.25) is 0 Å². The van der Waals surface area contributed by atoms with Gasteiger partial charge in [0.15, 0.2) is 0 Å². The number of amides is 3. The van der Waals surface area contributed by atoms with Gasteiger partial charge in [0.1, 0.15) is 6.04 Å². The van der Waals surface area contributed by atoms with Crippen molar-refractivity contribution >= 4 is 52.1 Å². The zero-order valence-corrected chi connectivity index (χ0v) is 16.9. The minimum absolute atomic E-state index is 0.100. The zero-order valence-electron chi connectivity index (χ0n) is 13.9. The van der Waals surface area contributed by atoms with Gasteiger partial charge in [0.2, 0.25) is 11.8 Å². The summed E-state index contributed by atoms with van der Waals surface area (Å²) in [7, 11) is 0. The Labute approximate surface area is 165 Å². The maximum absolute atomic E-state index is 12.7. The lowest BCUT2D eigenvalue weighted by molar-refractivity contribution is -0.136. The molecule has 2 heterocycles. The summed E-state index contributed by atoms with van der Waals surface area (Å²) in [6, 6.07) is 5.27. The van der Waals surface area contributed by atoms with E-state index in [9.17, 15) is 14.4 Å². The van der Waals surface area contributed by atoms with E-state index >= 15 is 0 Å². The van der Waals surface area contributed by atoms with Gasteiger partial charge in [0, 0.05) is 23.4 Å². The number of thioether (sulfide) groups is 1. The van der Waals surface area contributed by atoms with Gasteiger partial charge in [0.25, 0.3) is 5.91 Å². The molecule has 0 saturated carbocycles. The van der Waals surface area contributed by atoms with E-state index in [0.29, 0.717) is 18.5 Å². The minimum Gasteiger partial charge on any atom is -0.322 e. The van der Waals surface area contributed by atoms with Crippen LogP contribution >= 0.6 is 34.4 Å². The Bertz CT molecular complexity index is 695. The van der Waals surface area contributed by atoms with Crippen LogP contribution in [0.1, 0.15) is 48.0 Å². The second kappa shape index (κ2) is 8.53. The molecule has 1 atom stereocenters. The second-order valence-corrected chi connectivity index (χ2v) is 8.50. The van der Waals surface area contributed by atoms with Crippen LogP contribution in [-0.4, -0.2) is 38.8 Å². The maximum atomic E-state index is 12.7. The first-order valence-electron chi connectivity index (χ1n) is 8.57. The number of rotatable bonds is 7. The summed E-state index contributed by atoms with van der Waals surface area (Å²) in [5, 5.41) is 2.34. The summed E-state index contributed by atoms with van der Waals surface area (Å²) < 4.78 is 1.19. The number of alkyl halides is 1. The molecule has 0 radical (unpaired) electrons. The summed E-state index contributed by atoms with van der Waals surface area (Å²) in [4.78, 5) is 38.9. The molecule has 134 valence electrons. The fourth-order valence-corrected chi connectivity index (χ4v) is 4.88. The van der Waals surface area contributed by atoms with Crippen molar-refractivity contribution in [2.75, 3.05) is 10.2 Å². The number of carbonyl (C=O) groups excluding carboxylic acids is 3.